The summed E-state index contributed by atoms with van der Waals surface area (Å²) in [5, 5.41) is 9.66. The molecule has 0 bridgehead atoms. The quantitative estimate of drug-likeness (QED) is 0.249. The number of rotatable bonds is 0. The van der Waals surface area contributed by atoms with Crippen molar-refractivity contribution in [2.45, 2.75) is 0 Å². The van der Waals surface area contributed by atoms with Gasteiger partial charge in [-0.05, 0) is 55.9 Å². The minimum Gasteiger partial charge on any atom is -0.452 e. The number of H-pyrrole nitrogens is 1. The van der Waals surface area contributed by atoms with Gasteiger partial charge < -0.3 is 9.40 Å². The molecule has 7 rings (SSSR count). The van der Waals surface area contributed by atoms with E-state index >= 15 is 0 Å². The normalized spacial score (nSPS) is 11.8. The number of para-hydroxylation sites is 2. The fourth-order valence-electron chi connectivity index (χ4n) is 5.03. The first-order valence-electron chi connectivity index (χ1n) is 10.9. The summed E-state index contributed by atoms with van der Waals surface area (Å²) in [7, 11) is 0. The van der Waals surface area contributed by atoms with Gasteiger partial charge in [-0.25, -0.2) is 0 Å². The molecular formula is C30H19NO. The van der Waals surface area contributed by atoms with Crippen LogP contribution in [0.3, 0.4) is 0 Å². The van der Waals surface area contributed by atoms with Crippen molar-refractivity contribution in [1.29, 1.82) is 0 Å². The zero-order chi connectivity index (χ0) is 21.1. The molecule has 0 aliphatic rings. The number of aromatic nitrogens is 1. The van der Waals surface area contributed by atoms with Crippen LogP contribution in [0.5, 0.6) is 0 Å². The van der Waals surface area contributed by atoms with E-state index in [-0.39, 0.29) is 0 Å². The van der Waals surface area contributed by atoms with Gasteiger partial charge >= 0.3 is 0 Å². The summed E-state index contributed by atoms with van der Waals surface area (Å²) in [4.78, 5) is 3.58. The van der Waals surface area contributed by atoms with Crippen LogP contribution in [0.2, 0.25) is 0 Å². The van der Waals surface area contributed by atoms with E-state index in [1.54, 1.807) is 0 Å². The van der Waals surface area contributed by atoms with Gasteiger partial charge in [0.25, 0.3) is 0 Å². The molecule has 6 aromatic carbocycles. The SMILES string of the molecule is c1ccc2oc3c(ccc4c5ccccc5c5ccccc5c5ccccc5c43)[nH]c2c1. The van der Waals surface area contributed by atoms with Crippen LogP contribution in [-0.4, -0.2) is 4.98 Å². The van der Waals surface area contributed by atoms with Crippen molar-refractivity contribution in [3.8, 4) is 0 Å². The van der Waals surface area contributed by atoms with Gasteiger partial charge in [-0.3, -0.25) is 0 Å². The molecule has 0 amide bonds. The molecule has 0 saturated heterocycles. The maximum Gasteiger partial charge on any atom is 0.159 e. The van der Waals surface area contributed by atoms with E-state index in [4.69, 9.17) is 4.42 Å². The largest absolute Gasteiger partial charge is 0.452 e. The maximum atomic E-state index is 6.57. The lowest BCUT2D eigenvalue weighted by Gasteiger charge is -2.12. The predicted octanol–water partition coefficient (Wildman–Crippen LogP) is 8.65. The summed E-state index contributed by atoms with van der Waals surface area (Å²) in [6.07, 6.45) is 0. The van der Waals surface area contributed by atoms with Gasteiger partial charge in [0.05, 0.1) is 11.0 Å². The van der Waals surface area contributed by atoms with Crippen molar-refractivity contribution in [1.82, 2.24) is 4.98 Å². The molecule has 2 heteroatoms. The Bertz CT molecular complexity index is 1830. The highest BCUT2D eigenvalue weighted by Gasteiger charge is 2.12. The second-order valence-corrected chi connectivity index (χ2v) is 8.22. The summed E-state index contributed by atoms with van der Waals surface area (Å²) >= 11 is 0. The Balaban J connectivity index is 1.90. The van der Waals surface area contributed by atoms with Crippen LogP contribution < -0.4 is 0 Å². The molecule has 0 unspecified atom stereocenters. The first-order chi connectivity index (χ1) is 15.9. The number of aromatic amines is 1. The predicted molar refractivity (Wildman–Crippen MR) is 136 cm³/mol. The van der Waals surface area contributed by atoms with Crippen LogP contribution in [0.25, 0.3) is 65.3 Å². The van der Waals surface area contributed by atoms with E-state index in [0.29, 0.717) is 0 Å². The van der Waals surface area contributed by atoms with E-state index in [1.165, 1.54) is 37.7 Å². The average molecular weight is 409 g/mol. The zero-order valence-corrected chi connectivity index (χ0v) is 17.3. The molecule has 1 aromatic heterocycles. The molecule has 150 valence electrons. The van der Waals surface area contributed by atoms with Crippen LogP contribution in [0.15, 0.2) is 114 Å². The second-order valence-electron chi connectivity index (χ2n) is 8.22. The van der Waals surface area contributed by atoms with Crippen molar-refractivity contribution in [3.05, 3.63) is 109 Å². The Hall–Kier alpha value is -4.30. The molecule has 0 fully saturated rings. The molecule has 0 radical (unpaired) electrons. The van der Waals surface area contributed by atoms with Crippen LogP contribution >= 0.6 is 0 Å². The van der Waals surface area contributed by atoms with Crippen LogP contribution in [0.1, 0.15) is 0 Å². The van der Waals surface area contributed by atoms with E-state index in [2.05, 4.69) is 96.0 Å². The zero-order valence-electron chi connectivity index (χ0n) is 17.3. The number of benzene rings is 5. The molecule has 2 nitrogen and oxygen atoms in total. The highest BCUT2D eigenvalue weighted by atomic mass is 16.3. The molecule has 0 aliphatic heterocycles. The number of hydrogen-bond donors (Lipinski definition) is 1. The Morgan fingerprint density at radius 1 is 0.406 bits per heavy atom. The van der Waals surface area contributed by atoms with Gasteiger partial charge in [0.1, 0.15) is 0 Å². The molecular weight excluding hydrogens is 390 g/mol. The molecule has 0 spiro atoms. The summed E-state index contributed by atoms with van der Waals surface area (Å²) in [6, 6.07) is 38.5. The average Bonchev–Trinajstić information content (AvgIpc) is 2.86. The van der Waals surface area contributed by atoms with Crippen molar-refractivity contribution in [2.75, 3.05) is 0 Å². The smallest absolute Gasteiger partial charge is 0.159 e. The van der Waals surface area contributed by atoms with Gasteiger partial charge in [0, 0.05) is 5.39 Å². The molecule has 0 aliphatic carbocycles. The Labute approximate surface area is 184 Å². The van der Waals surface area contributed by atoms with E-state index in [1.807, 2.05) is 18.2 Å². The minimum atomic E-state index is 0.849. The fraction of sp³-hybridized carbons (Fsp3) is 0. The summed E-state index contributed by atoms with van der Waals surface area (Å²) in [5.41, 5.74) is 3.71. The van der Waals surface area contributed by atoms with Crippen LogP contribution in [0.4, 0.5) is 0 Å². The molecule has 7 aromatic rings. The third-order valence-corrected chi connectivity index (χ3v) is 6.45. The molecule has 0 saturated carbocycles. The van der Waals surface area contributed by atoms with E-state index in [0.717, 1.165) is 27.6 Å². The number of nitrogens with one attached hydrogen (secondary N) is 1. The fourth-order valence-corrected chi connectivity index (χ4v) is 5.03. The minimum absolute atomic E-state index is 0.849. The highest BCUT2D eigenvalue weighted by Crippen LogP contribution is 2.38. The molecule has 32 heavy (non-hydrogen) atoms. The third-order valence-electron chi connectivity index (χ3n) is 6.45. The van der Waals surface area contributed by atoms with Crippen molar-refractivity contribution in [2.24, 2.45) is 0 Å². The molecule has 0 atom stereocenters. The van der Waals surface area contributed by atoms with Gasteiger partial charge in [-0.1, -0.05) is 91.0 Å². The molecule has 1 N–H and O–H groups in total. The lowest BCUT2D eigenvalue weighted by atomic mass is 9.94. The Kier molecular flexibility index (Phi) is 3.58. The standard InChI is InChI=1S/C30H19NO/c1-2-10-20-19(9-1)21-11-3-4-13-23(21)25-17-18-27-30(29(25)24-14-6-5-12-22(20)24)32-28-16-8-7-15-26(28)31-27/h1-18,31H. The number of hydrogen-bond acceptors (Lipinski definition) is 1. The summed E-state index contributed by atoms with van der Waals surface area (Å²) in [6.45, 7) is 0. The summed E-state index contributed by atoms with van der Waals surface area (Å²) < 4.78 is 6.57. The summed E-state index contributed by atoms with van der Waals surface area (Å²) in [5.74, 6) is 0. The molecule has 1 heterocycles. The van der Waals surface area contributed by atoms with Crippen LogP contribution in [-0.2, 0) is 0 Å². The lowest BCUT2D eigenvalue weighted by molar-refractivity contribution is 0.661. The van der Waals surface area contributed by atoms with E-state index in [9.17, 15) is 0 Å². The first kappa shape index (κ1) is 17.4. The Morgan fingerprint density at radius 2 is 0.875 bits per heavy atom. The maximum absolute atomic E-state index is 6.57. The van der Waals surface area contributed by atoms with Crippen molar-refractivity contribution < 1.29 is 4.42 Å². The van der Waals surface area contributed by atoms with Gasteiger partial charge in [0.15, 0.2) is 11.2 Å². The van der Waals surface area contributed by atoms with E-state index < -0.39 is 0 Å². The van der Waals surface area contributed by atoms with Crippen molar-refractivity contribution in [3.63, 3.8) is 0 Å². The van der Waals surface area contributed by atoms with Crippen molar-refractivity contribution >= 4 is 65.3 Å². The van der Waals surface area contributed by atoms with Gasteiger partial charge in [-0.2, -0.15) is 0 Å². The second kappa shape index (κ2) is 6.60. The first-order valence-corrected chi connectivity index (χ1v) is 10.9. The van der Waals surface area contributed by atoms with Gasteiger partial charge in [0.2, 0.25) is 0 Å². The number of fused-ring (bicyclic) bond motifs is 11. The lowest BCUT2D eigenvalue weighted by Crippen LogP contribution is -1.87. The Morgan fingerprint density at radius 3 is 1.50 bits per heavy atom. The topological polar surface area (TPSA) is 28.9 Å². The monoisotopic (exact) mass is 409 g/mol. The third kappa shape index (κ3) is 2.41. The van der Waals surface area contributed by atoms with Crippen LogP contribution in [0, 0.1) is 0 Å². The van der Waals surface area contributed by atoms with Gasteiger partial charge in [-0.15, -0.1) is 0 Å². The highest BCUT2D eigenvalue weighted by molar-refractivity contribution is 6.29.